The van der Waals surface area contributed by atoms with E-state index in [1.54, 1.807) is 0 Å². The lowest BCUT2D eigenvalue weighted by molar-refractivity contribution is 0.588. The molecule has 0 spiro atoms. The van der Waals surface area contributed by atoms with Crippen LogP contribution in [0.4, 0.5) is 0 Å². The maximum atomic E-state index is 12.1. The van der Waals surface area contributed by atoms with Gasteiger partial charge >= 0.3 is 0 Å². The lowest BCUT2D eigenvalue weighted by Crippen LogP contribution is -2.18. The molecule has 0 aliphatic carbocycles. The van der Waals surface area contributed by atoms with E-state index in [-0.39, 0.29) is 4.90 Å². The quantitative estimate of drug-likeness (QED) is 0.571. The third-order valence-corrected chi connectivity index (χ3v) is 7.41. The zero-order chi connectivity index (χ0) is 16.5. The van der Waals surface area contributed by atoms with E-state index in [2.05, 4.69) is 61.6 Å². The molecule has 0 aliphatic rings. The summed E-state index contributed by atoms with van der Waals surface area (Å²) in [6, 6.07) is 0. The molecule has 7 heteroatoms. The first kappa shape index (κ1) is 19.6. The molecule has 0 amide bonds. The Morgan fingerprint density at radius 2 is 1.24 bits per heavy atom. The van der Waals surface area contributed by atoms with Gasteiger partial charge in [-0.1, -0.05) is 27.7 Å². The second kappa shape index (κ2) is 7.43. The number of benzene rings is 1. The minimum atomic E-state index is -3.81. The molecule has 1 aromatic rings. The molecule has 120 valence electrons. The molecule has 0 bridgehead atoms. The van der Waals surface area contributed by atoms with Gasteiger partial charge in [0.05, 0.1) is 0 Å². The average Bonchev–Trinajstić information content (AvgIpc) is 2.29. The normalized spacial score (nSPS) is 12.5. The van der Waals surface area contributed by atoms with E-state index in [1.165, 1.54) is 0 Å². The summed E-state index contributed by atoms with van der Waals surface area (Å²) >= 11 is 10.6. The zero-order valence-corrected chi connectivity index (χ0v) is 18.1. The Labute approximate surface area is 152 Å². The molecule has 0 aromatic heterocycles. The lowest BCUT2D eigenvalue weighted by Gasteiger charge is -2.20. The van der Waals surface area contributed by atoms with E-state index in [1.807, 2.05) is 13.8 Å². The molecule has 0 saturated carbocycles. The van der Waals surface area contributed by atoms with Gasteiger partial charge in [-0.2, -0.15) is 0 Å². The van der Waals surface area contributed by atoms with Gasteiger partial charge in [0.1, 0.15) is 4.90 Å². The Morgan fingerprint density at radius 1 is 0.857 bits per heavy atom. The smallest absolute Gasteiger partial charge is 0.225 e. The molecule has 0 heterocycles. The van der Waals surface area contributed by atoms with Crippen molar-refractivity contribution in [3.05, 3.63) is 24.5 Å². The summed E-state index contributed by atoms with van der Waals surface area (Å²) in [5.41, 5.74) is 1.65. The van der Waals surface area contributed by atoms with Crippen LogP contribution in [0.2, 0.25) is 0 Å². The van der Waals surface area contributed by atoms with Crippen molar-refractivity contribution in [3.8, 4) is 0 Å². The second-order valence-electron chi connectivity index (χ2n) is 5.97. The summed E-state index contributed by atoms with van der Waals surface area (Å²) in [5, 5.41) is 5.46. The van der Waals surface area contributed by atoms with Crippen molar-refractivity contribution < 1.29 is 8.42 Å². The maximum Gasteiger partial charge on any atom is 0.239 e. The van der Waals surface area contributed by atoms with Gasteiger partial charge in [-0.15, -0.1) is 0 Å². The number of hydrogen-bond donors (Lipinski definition) is 1. The van der Waals surface area contributed by atoms with E-state index in [9.17, 15) is 8.42 Å². The fraction of sp³-hybridized carbons (Fsp3) is 0.571. The largest absolute Gasteiger partial charge is 0.239 e. The first-order valence-electron chi connectivity index (χ1n) is 6.67. The Kier molecular flexibility index (Phi) is 6.94. The van der Waals surface area contributed by atoms with Gasteiger partial charge < -0.3 is 0 Å². The average molecular weight is 506 g/mol. The van der Waals surface area contributed by atoms with Crippen LogP contribution in [-0.2, 0) is 22.9 Å². The lowest BCUT2D eigenvalue weighted by atomic mass is 9.98. The van der Waals surface area contributed by atoms with Gasteiger partial charge in [-0.3, -0.25) is 0 Å². The van der Waals surface area contributed by atoms with Crippen LogP contribution in [0.3, 0.4) is 0 Å². The standard InChI is InChI=1S/C14H20Br3NO2S/c1-7(2)5-9-11(15)12(16)10(6-8(3)4)14(13(9)17)21(18,19)20/h7-8H,5-6H2,1-4H3,(H2,18,19,20). The highest BCUT2D eigenvalue weighted by Crippen LogP contribution is 2.42. The Balaban J connectivity index is 3.75. The monoisotopic (exact) mass is 503 g/mol. The fourth-order valence-corrected chi connectivity index (χ4v) is 5.98. The molecule has 3 nitrogen and oxygen atoms in total. The predicted molar refractivity (Wildman–Crippen MR) is 98.0 cm³/mol. The van der Waals surface area contributed by atoms with E-state index in [0.29, 0.717) is 22.7 Å². The van der Waals surface area contributed by atoms with Crippen LogP contribution < -0.4 is 5.14 Å². The Bertz CT molecular complexity index is 640. The van der Waals surface area contributed by atoms with Crippen molar-refractivity contribution in [3.63, 3.8) is 0 Å². The van der Waals surface area contributed by atoms with Gasteiger partial charge in [-0.05, 0) is 83.6 Å². The minimum absolute atomic E-state index is 0.196. The molecule has 0 fully saturated rings. The number of nitrogens with two attached hydrogens (primary N) is 1. The first-order chi connectivity index (χ1) is 9.46. The SMILES string of the molecule is CC(C)Cc1c(Br)c(Br)c(CC(C)C)c(S(N)(=O)=O)c1Br. The summed E-state index contributed by atoms with van der Waals surface area (Å²) in [4.78, 5) is 0.196. The Morgan fingerprint density at radius 3 is 1.62 bits per heavy atom. The summed E-state index contributed by atoms with van der Waals surface area (Å²) in [5.74, 6) is 0.713. The number of halogens is 3. The number of sulfonamides is 1. The van der Waals surface area contributed by atoms with Crippen molar-refractivity contribution in [1.82, 2.24) is 0 Å². The van der Waals surface area contributed by atoms with Crippen LogP contribution in [0.1, 0.15) is 38.8 Å². The highest BCUT2D eigenvalue weighted by Gasteiger charge is 2.27. The highest BCUT2D eigenvalue weighted by molar-refractivity contribution is 9.13. The van der Waals surface area contributed by atoms with Crippen molar-refractivity contribution in [1.29, 1.82) is 0 Å². The van der Waals surface area contributed by atoms with E-state index in [0.717, 1.165) is 26.5 Å². The van der Waals surface area contributed by atoms with Crippen molar-refractivity contribution in [2.75, 3.05) is 0 Å². The van der Waals surface area contributed by atoms with Crippen LogP contribution >= 0.6 is 47.8 Å². The molecule has 0 saturated heterocycles. The van der Waals surface area contributed by atoms with Gasteiger partial charge in [0.25, 0.3) is 0 Å². The zero-order valence-electron chi connectivity index (χ0n) is 12.5. The molecule has 1 rings (SSSR count). The summed E-state index contributed by atoms with van der Waals surface area (Å²) < 4.78 is 26.4. The third kappa shape index (κ3) is 4.77. The third-order valence-electron chi connectivity index (χ3n) is 2.97. The van der Waals surface area contributed by atoms with Crippen molar-refractivity contribution in [2.45, 2.75) is 45.4 Å². The van der Waals surface area contributed by atoms with Gasteiger partial charge in [0.15, 0.2) is 0 Å². The van der Waals surface area contributed by atoms with Crippen LogP contribution in [0.5, 0.6) is 0 Å². The fourth-order valence-electron chi connectivity index (χ4n) is 2.21. The summed E-state index contributed by atoms with van der Waals surface area (Å²) in [6.45, 7) is 8.27. The van der Waals surface area contributed by atoms with Gasteiger partial charge in [-0.25, -0.2) is 13.6 Å². The van der Waals surface area contributed by atoms with Crippen molar-refractivity contribution in [2.24, 2.45) is 17.0 Å². The van der Waals surface area contributed by atoms with E-state index < -0.39 is 10.0 Å². The molecular weight excluding hydrogens is 486 g/mol. The van der Waals surface area contributed by atoms with Crippen LogP contribution in [0.15, 0.2) is 18.3 Å². The predicted octanol–water partition coefficient (Wildman–Crippen LogP) is 5.02. The minimum Gasteiger partial charge on any atom is -0.225 e. The number of hydrogen-bond acceptors (Lipinski definition) is 2. The number of rotatable bonds is 5. The molecule has 0 radical (unpaired) electrons. The van der Waals surface area contributed by atoms with Crippen LogP contribution in [0.25, 0.3) is 0 Å². The number of primary sulfonamides is 1. The molecule has 0 unspecified atom stereocenters. The highest BCUT2D eigenvalue weighted by atomic mass is 79.9. The van der Waals surface area contributed by atoms with Crippen LogP contribution in [0, 0.1) is 11.8 Å². The molecule has 1 aromatic carbocycles. The molecule has 0 aliphatic heterocycles. The van der Waals surface area contributed by atoms with Gasteiger partial charge in [0, 0.05) is 13.4 Å². The van der Waals surface area contributed by atoms with Crippen LogP contribution in [-0.4, -0.2) is 8.42 Å². The molecular formula is C14H20Br3NO2S. The molecule has 2 N–H and O–H groups in total. The summed E-state index contributed by atoms with van der Waals surface area (Å²) in [6.07, 6.45) is 1.38. The van der Waals surface area contributed by atoms with E-state index >= 15 is 0 Å². The first-order valence-corrected chi connectivity index (χ1v) is 10.6. The maximum absolute atomic E-state index is 12.1. The second-order valence-corrected chi connectivity index (χ2v) is 9.85. The van der Waals surface area contributed by atoms with Gasteiger partial charge in [0.2, 0.25) is 10.0 Å². The summed E-state index contributed by atoms with van der Waals surface area (Å²) in [7, 11) is -3.81. The van der Waals surface area contributed by atoms with Crippen molar-refractivity contribution >= 4 is 57.8 Å². The Hall–Kier alpha value is 0.570. The molecule has 21 heavy (non-hydrogen) atoms. The van der Waals surface area contributed by atoms with E-state index in [4.69, 9.17) is 5.14 Å². The topological polar surface area (TPSA) is 60.2 Å². The molecule has 0 atom stereocenters.